The summed E-state index contributed by atoms with van der Waals surface area (Å²) in [6.07, 6.45) is 1.95. The molecule has 9 nitrogen and oxygen atoms in total. The van der Waals surface area contributed by atoms with Crippen LogP contribution in [0, 0.1) is 0 Å². The fourth-order valence-corrected chi connectivity index (χ4v) is 5.17. The molecule has 0 saturated heterocycles. The van der Waals surface area contributed by atoms with Gasteiger partial charge in [-0.2, -0.15) is 0 Å². The number of aryl methyl sites for hydroxylation is 1. The molecule has 33 heavy (non-hydrogen) atoms. The van der Waals surface area contributed by atoms with Crippen molar-refractivity contribution < 1.29 is 22.7 Å². The average Bonchev–Trinajstić information content (AvgIpc) is 3.39. The molecule has 2 heterocycles. The van der Waals surface area contributed by atoms with E-state index in [1.165, 1.54) is 30.2 Å². The Morgan fingerprint density at radius 3 is 2.73 bits per heavy atom. The van der Waals surface area contributed by atoms with E-state index in [9.17, 15) is 13.2 Å². The maximum Gasteiger partial charge on any atom is 0.242 e. The summed E-state index contributed by atoms with van der Waals surface area (Å²) in [5, 5.41) is 3.54. The van der Waals surface area contributed by atoms with E-state index in [4.69, 9.17) is 9.47 Å². The third kappa shape index (κ3) is 4.94. The van der Waals surface area contributed by atoms with Gasteiger partial charge in [-0.05, 0) is 36.8 Å². The van der Waals surface area contributed by atoms with Crippen LogP contribution in [0.15, 0.2) is 46.5 Å². The van der Waals surface area contributed by atoms with Crippen LogP contribution in [-0.2, 0) is 21.4 Å². The molecular weight excluding hydrogens is 464 g/mol. The van der Waals surface area contributed by atoms with Crippen LogP contribution in [0.2, 0.25) is 0 Å². The van der Waals surface area contributed by atoms with Gasteiger partial charge in [0.05, 0.1) is 21.7 Å². The second-order valence-corrected chi connectivity index (χ2v) is 10.8. The lowest BCUT2D eigenvalue weighted by Crippen LogP contribution is -2.22. The molecule has 1 N–H and O–H groups in total. The molecule has 2 aromatic carbocycles. The Bertz CT molecular complexity index is 1290. The number of thioether (sulfide) groups is 1. The highest BCUT2D eigenvalue weighted by Gasteiger charge is 2.20. The lowest BCUT2D eigenvalue weighted by atomic mass is 10.3. The van der Waals surface area contributed by atoms with Crippen LogP contribution in [0.5, 0.6) is 11.5 Å². The number of benzene rings is 2. The molecular formula is C22H26N4O5S2. The number of anilines is 1. The van der Waals surface area contributed by atoms with Crippen LogP contribution in [0.4, 0.5) is 5.69 Å². The molecule has 0 unspecified atom stereocenters. The molecule has 1 aliphatic heterocycles. The summed E-state index contributed by atoms with van der Waals surface area (Å²) in [6.45, 7) is 3.01. The number of imidazole rings is 1. The molecule has 1 amide bonds. The summed E-state index contributed by atoms with van der Waals surface area (Å²) in [6, 6.07) is 10.2. The van der Waals surface area contributed by atoms with E-state index in [1.54, 1.807) is 36.4 Å². The molecule has 0 atom stereocenters. The number of aromatic nitrogens is 2. The fourth-order valence-electron chi connectivity index (χ4n) is 3.40. The first-order valence-electron chi connectivity index (χ1n) is 10.5. The molecule has 0 saturated carbocycles. The smallest absolute Gasteiger partial charge is 0.242 e. The van der Waals surface area contributed by atoms with E-state index in [0.717, 1.165) is 24.9 Å². The van der Waals surface area contributed by atoms with E-state index >= 15 is 0 Å². The van der Waals surface area contributed by atoms with Crippen LogP contribution in [0.3, 0.4) is 0 Å². The number of fused-ring (bicyclic) bond motifs is 2. The van der Waals surface area contributed by atoms with Crippen LogP contribution >= 0.6 is 11.8 Å². The number of nitrogens with one attached hydrogen (secondary N) is 1. The van der Waals surface area contributed by atoms with Gasteiger partial charge in [0.2, 0.25) is 22.7 Å². The summed E-state index contributed by atoms with van der Waals surface area (Å²) in [5.41, 5.74) is 2.07. The van der Waals surface area contributed by atoms with Gasteiger partial charge in [-0.3, -0.25) is 4.79 Å². The third-order valence-electron chi connectivity index (χ3n) is 5.19. The lowest BCUT2D eigenvalue weighted by Gasteiger charge is -2.11. The van der Waals surface area contributed by atoms with E-state index in [0.29, 0.717) is 27.9 Å². The predicted octanol–water partition coefficient (Wildman–Crippen LogP) is 3.55. The predicted molar refractivity (Wildman–Crippen MR) is 127 cm³/mol. The summed E-state index contributed by atoms with van der Waals surface area (Å²) in [4.78, 5) is 17.4. The van der Waals surface area contributed by atoms with Gasteiger partial charge in [-0.15, -0.1) is 0 Å². The molecule has 0 fully saturated rings. The summed E-state index contributed by atoms with van der Waals surface area (Å²) in [5.74, 6) is 1.24. The topological polar surface area (TPSA) is 103 Å². The van der Waals surface area contributed by atoms with Gasteiger partial charge in [0.1, 0.15) is 0 Å². The molecule has 0 spiro atoms. The summed E-state index contributed by atoms with van der Waals surface area (Å²) >= 11 is 1.32. The Morgan fingerprint density at radius 2 is 1.97 bits per heavy atom. The van der Waals surface area contributed by atoms with Crippen LogP contribution in [-0.4, -0.2) is 54.8 Å². The molecule has 0 bridgehead atoms. The Labute approximate surface area is 197 Å². The fraction of sp³-hybridized carbons (Fsp3) is 0.364. The Balaban J connectivity index is 1.53. The Morgan fingerprint density at radius 1 is 1.18 bits per heavy atom. The normalized spacial score (nSPS) is 13.1. The van der Waals surface area contributed by atoms with E-state index < -0.39 is 10.0 Å². The van der Waals surface area contributed by atoms with Gasteiger partial charge in [0, 0.05) is 32.4 Å². The van der Waals surface area contributed by atoms with Crippen LogP contribution in [0.25, 0.3) is 11.0 Å². The lowest BCUT2D eigenvalue weighted by molar-refractivity contribution is -0.113. The van der Waals surface area contributed by atoms with Gasteiger partial charge in [-0.25, -0.2) is 17.7 Å². The van der Waals surface area contributed by atoms with Crippen LogP contribution < -0.4 is 14.8 Å². The minimum Gasteiger partial charge on any atom is -0.454 e. The van der Waals surface area contributed by atoms with Crippen LogP contribution in [0.1, 0.15) is 19.8 Å². The second-order valence-electron chi connectivity index (χ2n) is 7.74. The highest BCUT2D eigenvalue weighted by atomic mass is 32.2. The van der Waals surface area contributed by atoms with Crippen molar-refractivity contribution in [3.05, 3.63) is 36.4 Å². The first-order valence-corrected chi connectivity index (χ1v) is 13.0. The number of nitrogens with zero attached hydrogens (tertiary/aromatic N) is 3. The average molecular weight is 491 g/mol. The molecule has 0 radical (unpaired) electrons. The minimum absolute atomic E-state index is 0.159. The van der Waals surface area contributed by atoms with Crippen molar-refractivity contribution in [1.82, 2.24) is 13.9 Å². The van der Waals surface area contributed by atoms with E-state index in [-0.39, 0.29) is 23.3 Å². The highest BCUT2D eigenvalue weighted by molar-refractivity contribution is 7.99. The number of rotatable bonds is 9. The number of sulfonamides is 1. The van der Waals surface area contributed by atoms with Gasteiger partial charge < -0.3 is 19.4 Å². The zero-order valence-electron chi connectivity index (χ0n) is 18.7. The first-order chi connectivity index (χ1) is 15.8. The number of unbranched alkanes of at least 4 members (excludes halogenated alkanes) is 1. The van der Waals surface area contributed by atoms with Gasteiger partial charge in [0.15, 0.2) is 16.7 Å². The summed E-state index contributed by atoms with van der Waals surface area (Å²) in [7, 11) is -0.561. The molecule has 176 valence electrons. The van der Waals surface area contributed by atoms with E-state index in [2.05, 4.69) is 17.2 Å². The largest absolute Gasteiger partial charge is 0.454 e. The Kier molecular flexibility index (Phi) is 6.82. The maximum atomic E-state index is 12.6. The zero-order valence-corrected chi connectivity index (χ0v) is 20.3. The Hall–Kier alpha value is -2.76. The van der Waals surface area contributed by atoms with Crippen molar-refractivity contribution in [3.8, 4) is 11.5 Å². The number of amides is 1. The SMILES string of the molecule is CCCCn1c(SCC(=O)Nc2ccc3c(c2)OCO3)nc2cc(S(=O)(=O)N(C)C)ccc21. The monoisotopic (exact) mass is 490 g/mol. The van der Waals surface area contributed by atoms with Crippen molar-refractivity contribution in [3.63, 3.8) is 0 Å². The molecule has 3 aromatic rings. The number of carbonyl (C=O) groups is 1. The standard InChI is InChI=1S/C22H26N4O5S2/c1-4-5-10-26-18-8-7-16(33(28,29)25(2)3)12-17(18)24-22(26)32-13-21(27)23-15-6-9-19-20(11-15)31-14-30-19/h6-9,11-12H,4-5,10,13-14H2,1-3H3,(H,23,27). The van der Waals surface area contributed by atoms with Crippen molar-refractivity contribution in [2.75, 3.05) is 32.0 Å². The van der Waals surface area contributed by atoms with E-state index in [1.807, 2.05) is 4.57 Å². The number of carbonyl (C=O) groups excluding carboxylic acids is 1. The van der Waals surface area contributed by atoms with Gasteiger partial charge in [-0.1, -0.05) is 25.1 Å². The third-order valence-corrected chi connectivity index (χ3v) is 7.97. The molecule has 1 aliphatic rings. The summed E-state index contributed by atoms with van der Waals surface area (Å²) < 4.78 is 38.9. The maximum absolute atomic E-state index is 12.6. The molecule has 4 rings (SSSR count). The second kappa shape index (κ2) is 9.62. The number of ether oxygens (including phenoxy) is 2. The van der Waals surface area contributed by atoms with Crippen molar-refractivity contribution in [2.45, 2.75) is 36.4 Å². The minimum atomic E-state index is -3.56. The molecule has 1 aromatic heterocycles. The highest BCUT2D eigenvalue weighted by Crippen LogP contribution is 2.34. The number of hydrogen-bond donors (Lipinski definition) is 1. The quantitative estimate of drug-likeness (QED) is 0.458. The van der Waals surface area contributed by atoms with Crippen molar-refractivity contribution >= 4 is 44.4 Å². The van der Waals surface area contributed by atoms with Crippen molar-refractivity contribution in [2.24, 2.45) is 0 Å². The molecule has 11 heteroatoms. The number of hydrogen-bond acceptors (Lipinski definition) is 7. The van der Waals surface area contributed by atoms with Gasteiger partial charge >= 0.3 is 0 Å². The zero-order chi connectivity index (χ0) is 23.6. The van der Waals surface area contributed by atoms with Crippen molar-refractivity contribution in [1.29, 1.82) is 0 Å². The molecule has 0 aliphatic carbocycles. The first kappa shape index (κ1) is 23.4. The van der Waals surface area contributed by atoms with Gasteiger partial charge in [0.25, 0.3) is 0 Å².